The fourth-order valence-electron chi connectivity index (χ4n) is 5.05. The van der Waals surface area contributed by atoms with Crippen LogP contribution in [0.3, 0.4) is 0 Å². The highest BCUT2D eigenvalue weighted by molar-refractivity contribution is 6.08. The van der Waals surface area contributed by atoms with Crippen LogP contribution < -0.4 is 5.32 Å². The van der Waals surface area contributed by atoms with Crippen LogP contribution >= 0.6 is 0 Å². The van der Waals surface area contributed by atoms with Crippen molar-refractivity contribution in [2.45, 2.75) is 58.8 Å². The van der Waals surface area contributed by atoms with Gasteiger partial charge in [-0.25, -0.2) is 9.78 Å². The summed E-state index contributed by atoms with van der Waals surface area (Å²) in [5.41, 5.74) is 5.32. The van der Waals surface area contributed by atoms with Gasteiger partial charge in [0.2, 0.25) is 0 Å². The number of fused-ring (bicyclic) bond motifs is 1. The van der Waals surface area contributed by atoms with Crippen molar-refractivity contribution in [1.29, 1.82) is 0 Å². The summed E-state index contributed by atoms with van der Waals surface area (Å²) in [5, 5.41) is 12.2. The number of nitrogens with zero attached hydrogens (tertiary/aromatic N) is 5. The van der Waals surface area contributed by atoms with Gasteiger partial charge >= 0.3 is 5.97 Å². The maximum absolute atomic E-state index is 13.0. The van der Waals surface area contributed by atoms with Gasteiger partial charge in [-0.2, -0.15) is 10.2 Å². The van der Waals surface area contributed by atoms with Gasteiger partial charge < -0.3 is 14.6 Å². The van der Waals surface area contributed by atoms with Crippen molar-refractivity contribution < 1.29 is 24.0 Å². The number of hydrogen-bond donors (Lipinski definition) is 1. The second-order valence-electron chi connectivity index (χ2n) is 10.4. The number of unbranched alkanes of at least 4 members (excludes halogenated alkanes) is 1. The number of hydrogen-bond acceptors (Lipinski definition) is 8. The highest BCUT2D eigenvalue weighted by Crippen LogP contribution is 2.27. The molecule has 4 heterocycles. The summed E-state index contributed by atoms with van der Waals surface area (Å²) in [6, 6.07) is 11.2. The molecule has 11 nitrogen and oxygen atoms in total. The fourth-order valence-corrected chi connectivity index (χ4v) is 5.05. The Morgan fingerprint density at radius 2 is 1.80 bits per heavy atom. The molecule has 1 atom stereocenters. The molecule has 1 saturated heterocycles. The molecule has 0 spiro atoms. The van der Waals surface area contributed by atoms with Gasteiger partial charge in [0.1, 0.15) is 5.65 Å². The van der Waals surface area contributed by atoms with Crippen molar-refractivity contribution in [2.75, 3.05) is 11.9 Å². The van der Waals surface area contributed by atoms with Crippen LogP contribution in [0.2, 0.25) is 0 Å². The molecule has 1 aromatic carbocycles. The zero-order chi connectivity index (χ0) is 28.9. The molecule has 212 valence electrons. The molecule has 0 bridgehead atoms. The maximum Gasteiger partial charge on any atom is 0.333 e. The smallest absolute Gasteiger partial charge is 0.330 e. The van der Waals surface area contributed by atoms with Crippen LogP contribution in [0.4, 0.5) is 5.69 Å². The summed E-state index contributed by atoms with van der Waals surface area (Å²) in [5.74, 6) is -1.51. The van der Waals surface area contributed by atoms with Crippen molar-refractivity contribution in [3.05, 3.63) is 71.2 Å². The third kappa shape index (κ3) is 6.56. The highest BCUT2D eigenvalue weighted by atomic mass is 16.7. The number of imide groups is 1. The van der Waals surface area contributed by atoms with Gasteiger partial charge in [-0.15, -0.1) is 5.06 Å². The molecule has 0 saturated carbocycles. The molecule has 0 radical (unpaired) electrons. The van der Waals surface area contributed by atoms with Crippen LogP contribution in [0.15, 0.2) is 58.9 Å². The van der Waals surface area contributed by atoms with Gasteiger partial charge in [-0.3, -0.25) is 14.4 Å². The van der Waals surface area contributed by atoms with E-state index in [1.165, 1.54) is 0 Å². The quantitative estimate of drug-likeness (QED) is 0.285. The topological polar surface area (TPSA) is 135 Å². The summed E-state index contributed by atoms with van der Waals surface area (Å²) < 4.78 is 1.90. The van der Waals surface area contributed by atoms with Crippen LogP contribution in [0.25, 0.3) is 11.3 Å². The molecule has 0 aliphatic carbocycles. The molecule has 2 aromatic heterocycles. The molecular weight excluding hydrogens is 524 g/mol. The van der Waals surface area contributed by atoms with Gasteiger partial charge in [0.15, 0.2) is 0 Å². The third-order valence-electron chi connectivity index (χ3n) is 7.20. The first-order valence-corrected chi connectivity index (χ1v) is 13.8. The van der Waals surface area contributed by atoms with E-state index in [9.17, 15) is 19.2 Å². The SMILES string of the molecule is Cc1cc(C)n2ccc(C(=O)Nc3ccc(C4=CC(CCCCC(=O)ON5C(=O)CCC5=O)CCN=N4)cc3)c2n1. The number of aromatic nitrogens is 2. The Bertz CT molecular complexity index is 1540. The fraction of sp³-hybridized carbons (Fsp3) is 0.367. The normalized spacial score (nSPS) is 17.1. The first-order chi connectivity index (χ1) is 19.8. The molecule has 3 amide bonds. The van der Waals surface area contributed by atoms with Crippen LogP contribution in [-0.4, -0.2) is 44.7 Å². The van der Waals surface area contributed by atoms with Crippen LogP contribution in [-0.2, 0) is 19.2 Å². The van der Waals surface area contributed by atoms with E-state index in [0.29, 0.717) is 34.9 Å². The van der Waals surface area contributed by atoms with E-state index in [1.54, 1.807) is 6.07 Å². The number of azo groups is 1. The molecular formula is C30H32N6O5. The van der Waals surface area contributed by atoms with Crippen molar-refractivity contribution in [1.82, 2.24) is 14.4 Å². The minimum Gasteiger partial charge on any atom is -0.330 e. The van der Waals surface area contributed by atoms with Crippen molar-refractivity contribution in [3.8, 4) is 0 Å². The van der Waals surface area contributed by atoms with Gasteiger partial charge in [0, 0.05) is 48.1 Å². The number of anilines is 1. The van der Waals surface area contributed by atoms with E-state index in [4.69, 9.17) is 4.84 Å². The molecule has 1 N–H and O–H groups in total. The van der Waals surface area contributed by atoms with E-state index >= 15 is 0 Å². The summed E-state index contributed by atoms with van der Waals surface area (Å²) in [6.45, 7) is 4.50. The molecule has 3 aromatic rings. The average Bonchev–Trinajstić information content (AvgIpc) is 3.41. The zero-order valence-corrected chi connectivity index (χ0v) is 23.1. The second-order valence-corrected chi connectivity index (χ2v) is 10.4. The Morgan fingerprint density at radius 1 is 1.05 bits per heavy atom. The lowest BCUT2D eigenvalue weighted by atomic mass is 9.95. The van der Waals surface area contributed by atoms with Gasteiger partial charge in [-0.1, -0.05) is 24.6 Å². The number of carbonyl (C=O) groups excluding carboxylic acids is 4. The number of hydroxylamine groups is 2. The Kier molecular flexibility index (Phi) is 8.32. The zero-order valence-electron chi connectivity index (χ0n) is 23.1. The molecule has 2 aliphatic heterocycles. The van der Waals surface area contributed by atoms with E-state index in [1.807, 2.05) is 54.8 Å². The lowest BCUT2D eigenvalue weighted by Crippen LogP contribution is -2.31. The van der Waals surface area contributed by atoms with E-state index in [-0.39, 0.29) is 31.1 Å². The number of benzene rings is 1. The van der Waals surface area contributed by atoms with Crippen molar-refractivity contribution in [3.63, 3.8) is 0 Å². The Morgan fingerprint density at radius 3 is 2.56 bits per heavy atom. The maximum atomic E-state index is 13.0. The number of amides is 3. The Labute approximate surface area is 237 Å². The summed E-state index contributed by atoms with van der Waals surface area (Å²) in [6.07, 6.45) is 7.31. The van der Waals surface area contributed by atoms with Crippen LogP contribution in [0.5, 0.6) is 0 Å². The van der Waals surface area contributed by atoms with E-state index in [2.05, 4.69) is 26.6 Å². The third-order valence-corrected chi connectivity index (χ3v) is 7.20. The van der Waals surface area contributed by atoms with Crippen LogP contribution in [0.1, 0.15) is 72.3 Å². The average molecular weight is 557 g/mol. The minimum atomic E-state index is -0.574. The molecule has 41 heavy (non-hydrogen) atoms. The van der Waals surface area contributed by atoms with Gasteiger partial charge in [0.25, 0.3) is 17.7 Å². The lowest BCUT2D eigenvalue weighted by Gasteiger charge is -2.13. The largest absolute Gasteiger partial charge is 0.333 e. The summed E-state index contributed by atoms with van der Waals surface area (Å²) >= 11 is 0. The van der Waals surface area contributed by atoms with E-state index in [0.717, 1.165) is 41.9 Å². The van der Waals surface area contributed by atoms with Crippen molar-refractivity contribution in [2.24, 2.45) is 16.1 Å². The van der Waals surface area contributed by atoms with E-state index < -0.39 is 17.8 Å². The van der Waals surface area contributed by atoms with Gasteiger partial charge in [-0.05, 0) is 63.3 Å². The molecule has 1 unspecified atom stereocenters. The van der Waals surface area contributed by atoms with Crippen LogP contribution in [0, 0.1) is 19.8 Å². The number of allylic oxidation sites excluding steroid dienone is 1. The Hall–Kier alpha value is -4.67. The Balaban J connectivity index is 1.15. The lowest BCUT2D eigenvalue weighted by molar-refractivity contribution is -0.197. The predicted octanol–water partition coefficient (Wildman–Crippen LogP) is 5.18. The standard InChI is InChI=1S/C30H32N6O5/c1-19-17-20(2)35-16-14-24(29(35)32-19)30(40)33-23-9-7-22(8-10-23)25-18-21(13-15-31-34-25)5-3-4-6-28(39)41-36-26(37)11-12-27(36)38/h7-10,14,16-18,21H,3-6,11-13,15H2,1-2H3,(H,33,40). The predicted molar refractivity (Wildman–Crippen MR) is 151 cm³/mol. The number of nitrogens with one attached hydrogen (secondary N) is 1. The first kappa shape index (κ1) is 27.9. The highest BCUT2D eigenvalue weighted by Gasteiger charge is 2.32. The summed E-state index contributed by atoms with van der Waals surface area (Å²) in [4.78, 5) is 57.7. The molecule has 11 heteroatoms. The first-order valence-electron chi connectivity index (χ1n) is 13.8. The second kappa shape index (κ2) is 12.2. The number of aryl methyl sites for hydroxylation is 2. The summed E-state index contributed by atoms with van der Waals surface area (Å²) in [7, 11) is 0. The molecule has 2 aliphatic rings. The monoisotopic (exact) mass is 556 g/mol. The van der Waals surface area contributed by atoms with Crippen molar-refractivity contribution >= 4 is 40.7 Å². The number of carbonyl (C=O) groups is 4. The minimum absolute atomic E-state index is 0.0819. The molecule has 5 rings (SSSR count). The molecule has 1 fully saturated rings. The van der Waals surface area contributed by atoms with Gasteiger partial charge in [0.05, 0.1) is 17.8 Å². The number of rotatable bonds is 9.